The summed E-state index contributed by atoms with van der Waals surface area (Å²) < 4.78 is 0. The van der Waals surface area contributed by atoms with Crippen molar-refractivity contribution in [2.24, 2.45) is 0 Å². The molecule has 17 heavy (non-hydrogen) atoms. The molecule has 0 saturated carbocycles. The van der Waals surface area contributed by atoms with Gasteiger partial charge in [-0.1, -0.05) is 0 Å². The fourth-order valence-corrected chi connectivity index (χ4v) is 2.44. The summed E-state index contributed by atoms with van der Waals surface area (Å²) in [5, 5.41) is 9.85. The van der Waals surface area contributed by atoms with Crippen LogP contribution in [0.3, 0.4) is 0 Å². The first kappa shape index (κ1) is 12.5. The van der Waals surface area contributed by atoms with E-state index in [9.17, 15) is 9.90 Å². The van der Waals surface area contributed by atoms with Gasteiger partial charge in [-0.05, 0) is 43.9 Å². The molecule has 92 valence electrons. The summed E-state index contributed by atoms with van der Waals surface area (Å²) in [6.45, 7) is 2.84. The van der Waals surface area contributed by atoms with Gasteiger partial charge in [0, 0.05) is 23.5 Å². The van der Waals surface area contributed by atoms with Crippen LogP contribution in [0.1, 0.15) is 23.7 Å². The van der Waals surface area contributed by atoms with E-state index in [1.165, 1.54) is 0 Å². The lowest BCUT2D eigenvalue weighted by molar-refractivity contribution is 0.0572. The van der Waals surface area contributed by atoms with Crippen molar-refractivity contribution in [3.63, 3.8) is 0 Å². The van der Waals surface area contributed by atoms with Gasteiger partial charge in [0.1, 0.15) is 0 Å². The number of thioether (sulfide) groups is 1. The van der Waals surface area contributed by atoms with E-state index in [0.717, 1.165) is 4.90 Å². The number of benzene rings is 1. The van der Waals surface area contributed by atoms with Gasteiger partial charge in [0.15, 0.2) is 0 Å². The van der Waals surface area contributed by atoms with E-state index >= 15 is 0 Å². The van der Waals surface area contributed by atoms with E-state index in [2.05, 4.69) is 0 Å². The van der Waals surface area contributed by atoms with Gasteiger partial charge in [0.2, 0.25) is 0 Å². The summed E-state index contributed by atoms with van der Waals surface area (Å²) in [7, 11) is 0. The van der Waals surface area contributed by atoms with E-state index in [1.54, 1.807) is 23.6 Å². The monoisotopic (exact) mass is 251 g/mol. The molecule has 1 aliphatic heterocycles. The summed E-state index contributed by atoms with van der Waals surface area (Å²) in [6.07, 6.45) is 2.66. The van der Waals surface area contributed by atoms with Gasteiger partial charge in [0.25, 0.3) is 5.91 Å². The van der Waals surface area contributed by atoms with E-state index < -0.39 is 5.60 Å². The molecule has 1 heterocycles. The van der Waals surface area contributed by atoms with Crippen LogP contribution < -0.4 is 0 Å². The van der Waals surface area contributed by atoms with Gasteiger partial charge in [-0.25, -0.2) is 0 Å². The highest BCUT2D eigenvalue weighted by molar-refractivity contribution is 7.98. The van der Waals surface area contributed by atoms with E-state index in [4.69, 9.17) is 0 Å². The predicted octanol–water partition coefficient (Wildman–Crippen LogP) is 2.01. The van der Waals surface area contributed by atoms with Gasteiger partial charge in [-0.3, -0.25) is 4.79 Å². The average molecular weight is 251 g/mol. The normalized spacial score (nSPS) is 24.1. The molecule has 3 nitrogen and oxygen atoms in total. The van der Waals surface area contributed by atoms with Crippen LogP contribution in [0.15, 0.2) is 29.2 Å². The van der Waals surface area contributed by atoms with Gasteiger partial charge in [-0.2, -0.15) is 0 Å². The number of rotatable bonds is 2. The van der Waals surface area contributed by atoms with Crippen molar-refractivity contribution in [3.05, 3.63) is 29.8 Å². The molecule has 4 heteroatoms. The van der Waals surface area contributed by atoms with Crippen molar-refractivity contribution in [1.82, 2.24) is 4.90 Å². The average Bonchev–Trinajstić information content (AvgIpc) is 2.69. The minimum Gasteiger partial charge on any atom is -0.388 e. The first-order valence-electron chi connectivity index (χ1n) is 5.67. The molecule has 1 unspecified atom stereocenters. The fraction of sp³-hybridized carbons (Fsp3) is 0.462. The molecule has 1 aliphatic rings. The number of likely N-dealkylation sites (tertiary alicyclic amines) is 1. The number of carbonyl (C=O) groups is 1. The van der Waals surface area contributed by atoms with Crippen LogP contribution in [0.2, 0.25) is 0 Å². The Kier molecular flexibility index (Phi) is 3.45. The van der Waals surface area contributed by atoms with Crippen LogP contribution >= 0.6 is 11.8 Å². The topological polar surface area (TPSA) is 40.5 Å². The zero-order valence-electron chi connectivity index (χ0n) is 10.1. The fourth-order valence-electron chi connectivity index (χ4n) is 2.03. The molecule has 1 atom stereocenters. The van der Waals surface area contributed by atoms with E-state index in [1.807, 2.05) is 30.5 Å². The number of amides is 1. The number of hydrogen-bond acceptors (Lipinski definition) is 3. The molecule has 1 amide bonds. The lowest BCUT2D eigenvalue weighted by Crippen LogP contribution is -2.33. The second-order valence-electron chi connectivity index (χ2n) is 4.70. The first-order valence-corrected chi connectivity index (χ1v) is 6.90. The maximum absolute atomic E-state index is 12.1. The van der Waals surface area contributed by atoms with Gasteiger partial charge >= 0.3 is 0 Å². The Balaban J connectivity index is 2.09. The number of hydrogen-bond donors (Lipinski definition) is 1. The van der Waals surface area contributed by atoms with Crippen LogP contribution in [0.25, 0.3) is 0 Å². The smallest absolute Gasteiger partial charge is 0.253 e. The lowest BCUT2D eigenvalue weighted by Gasteiger charge is -2.19. The van der Waals surface area contributed by atoms with Crippen molar-refractivity contribution in [1.29, 1.82) is 0 Å². The molecule has 1 fully saturated rings. The predicted molar refractivity (Wildman–Crippen MR) is 69.4 cm³/mol. The Morgan fingerprint density at radius 3 is 2.53 bits per heavy atom. The second-order valence-corrected chi connectivity index (χ2v) is 5.58. The maximum atomic E-state index is 12.1. The van der Waals surface area contributed by atoms with Gasteiger partial charge < -0.3 is 10.0 Å². The quantitative estimate of drug-likeness (QED) is 0.817. The first-order chi connectivity index (χ1) is 8.02. The molecular formula is C13H17NO2S. The Hall–Kier alpha value is -1.00. The van der Waals surface area contributed by atoms with E-state index in [0.29, 0.717) is 25.1 Å². The summed E-state index contributed by atoms with van der Waals surface area (Å²) in [5.41, 5.74) is -0.0324. The number of β-amino-alcohol motifs (C(OH)–C–C–N with tert-alkyl or cyclic N) is 1. The third kappa shape index (κ3) is 2.82. The molecule has 2 rings (SSSR count). The third-order valence-electron chi connectivity index (χ3n) is 3.08. The highest BCUT2D eigenvalue weighted by atomic mass is 32.2. The summed E-state index contributed by atoms with van der Waals surface area (Å²) >= 11 is 1.66. The van der Waals surface area contributed by atoms with Crippen molar-refractivity contribution in [3.8, 4) is 0 Å². The molecule has 0 bridgehead atoms. The minimum atomic E-state index is -0.727. The number of carbonyl (C=O) groups excluding carboxylic acids is 1. The van der Waals surface area contributed by atoms with Crippen molar-refractivity contribution in [2.75, 3.05) is 19.3 Å². The molecule has 0 aliphatic carbocycles. The standard InChI is InChI=1S/C13H17NO2S/c1-13(16)7-8-14(9-13)12(15)10-3-5-11(17-2)6-4-10/h3-6,16H,7-9H2,1-2H3. The van der Waals surface area contributed by atoms with Crippen molar-refractivity contribution in [2.45, 2.75) is 23.8 Å². The van der Waals surface area contributed by atoms with Crippen molar-refractivity contribution >= 4 is 17.7 Å². The molecule has 0 radical (unpaired) electrons. The maximum Gasteiger partial charge on any atom is 0.253 e. The molecule has 1 N–H and O–H groups in total. The number of aliphatic hydroxyl groups is 1. The molecular weight excluding hydrogens is 234 g/mol. The van der Waals surface area contributed by atoms with Crippen LogP contribution in [0.4, 0.5) is 0 Å². The summed E-state index contributed by atoms with van der Waals surface area (Å²) in [6, 6.07) is 7.60. The molecule has 1 aromatic carbocycles. The van der Waals surface area contributed by atoms with Crippen LogP contribution in [-0.4, -0.2) is 40.9 Å². The molecule has 0 aromatic heterocycles. The molecule has 0 spiro atoms. The SMILES string of the molecule is CSc1ccc(C(=O)N2CCC(C)(O)C2)cc1. The van der Waals surface area contributed by atoms with Crippen LogP contribution in [-0.2, 0) is 0 Å². The van der Waals surface area contributed by atoms with E-state index in [-0.39, 0.29) is 5.91 Å². The Bertz CT molecular complexity index is 414. The minimum absolute atomic E-state index is 0.00966. The largest absolute Gasteiger partial charge is 0.388 e. The Morgan fingerprint density at radius 2 is 2.06 bits per heavy atom. The Morgan fingerprint density at radius 1 is 1.41 bits per heavy atom. The van der Waals surface area contributed by atoms with Gasteiger partial charge in [0.05, 0.1) is 5.60 Å². The van der Waals surface area contributed by atoms with Crippen LogP contribution in [0.5, 0.6) is 0 Å². The summed E-state index contributed by atoms with van der Waals surface area (Å²) in [4.78, 5) is 15.0. The molecule has 1 saturated heterocycles. The highest BCUT2D eigenvalue weighted by Gasteiger charge is 2.34. The second kappa shape index (κ2) is 4.70. The number of nitrogens with zero attached hydrogens (tertiary/aromatic N) is 1. The third-order valence-corrected chi connectivity index (χ3v) is 3.82. The van der Waals surface area contributed by atoms with Crippen LogP contribution in [0, 0.1) is 0 Å². The zero-order valence-corrected chi connectivity index (χ0v) is 11.0. The highest BCUT2D eigenvalue weighted by Crippen LogP contribution is 2.23. The molecule has 1 aromatic rings. The zero-order chi connectivity index (χ0) is 12.5. The lowest BCUT2D eigenvalue weighted by atomic mass is 10.1. The summed E-state index contributed by atoms with van der Waals surface area (Å²) in [5.74, 6) is 0.00966. The Labute approximate surface area is 106 Å². The van der Waals surface area contributed by atoms with Crippen molar-refractivity contribution < 1.29 is 9.90 Å². The van der Waals surface area contributed by atoms with Gasteiger partial charge in [-0.15, -0.1) is 11.8 Å².